The molecule has 98 valence electrons. The Bertz CT molecular complexity index is 477. The summed E-state index contributed by atoms with van der Waals surface area (Å²) in [7, 11) is 0. The summed E-state index contributed by atoms with van der Waals surface area (Å²) >= 11 is 6.21. The van der Waals surface area contributed by atoms with Crippen LogP contribution in [0.25, 0.3) is 0 Å². The summed E-state index contributed by atoms with van der Waals surface area (Å²) in [6.07, 6.45) is 0.433. The average molecular weight is 268 g/mol. The molecule has 2 rings (SSSR count). The normalized spacial score (nSPS) is 15.2. The molecular formula is C14H18ClNO2. The lowest BCUT2D eigenvalue weighted by atomic mass is 10.0. The number of Topliss-reactive ketones (excluding diaryl/α,β-unsaturated/α-hetero) is 1. The van der Waals surface area contributed by atoms with Gasteiger partial charge in [-0.05, 0) is 38.5 Å². The number of fused-ring (bicyclic) bond motifs is 1. The first kappa shape index (κ1) is 13.4. The molecule has 1 aromatic rings. The Morgan fingerprint density at radius 1 is 1.39 bits per heavy atom. The number of hydrogen-bond acceptors (Lipinski definition) is 3. The van der Waals surface area contributed by atoms with E-state index in [1.807, 2.05) is 6.07 Å². The van der Waals surface area contributed by atoms with Crippen molar-refractivity contribution >= 4 is 17.4 Å². The van der Waals surface area contributed by atoms with Gasteiger partial charge in [-0.1, -0.05) is 11.6 Å². The molecule has 0 saturated heterocycles. The van der Waals surface area contributed by atoms with E-state index in [9.17, 15) is 4.79 Å². The topological polar surface area (TPSA) is 38.3 Å². The first-order valence-corrected chi connectivity index (χ1v) is 6.48. The summed E-state index contributed by atoms with van der Waals surface area (Å²) in [4.78, 5) is 11.7. The fraction of sp³-hybridized carbons (Fsp3) is 0.500. The van der Waals surface area contributed by atoms with E-state index in [1.165, 1.54) is 0 Å². The van der Waals surface area contributed by atoms with E-state index in [4.69, 9.17) is 16.3 Å². The van der Waals surface area contributed by atoms with Gasteiger partial charge in [-0.25, -0.2) is 0 Å². The van der Waals surface area contributed by atoms with Gasteiger partial charge in [0.05, 0.1) is 12.2 Å². The number of ketones is 1. The van der Waals surface area contributed by atoms with Gasteiger partial charge in [0.2, 0.25) is 0 Å². The minimum absolute atomic E-state index is 0.0237. The minimum Gasteiger partial charge on any atom is -0.492 e. The number of nitrogens with one attached hydrogen (secondary N) is 1. The molecule has 0 saturated carbocycles. The molecule has 1 heterocycles. The highest BCUT2D eigenvalue weighted by Crippen LogP contribution is 2.31. The fourth-order valence-electron chi connectivity index (χ4n) is 1.82. The average Bonchev–Trinajstić information content (AvgIpc) is 2.27. The zero-order valence-corrected chi connectivity index (χ0v) is 11.7. The lowest BCUT2D eigenvalue weighted by Gasteiger charge is -2.22. The largest absolute Gasteiger partial charge is 0.492 e. The maximum Gasteiger partial charge on any atom is 0.170 e. The van der Waals surface area contributed by atoms with Crippen LogP contribution in [0.3, 0.4) is 0 Å². The van der Waals surface area contributed by atoms with E-state index in [-0.39, 0.29) is 11.3 Å². The molecule has 0 atom stereocenters. The fourth-order valence-corrected chi connectivity index (χ4v) is 2.05. The highest BCUT2D eigenvalue weighted by Gasteiger charge is 2.21. The van der Waals surface area contributed by atoms with Gasteiger partial charge in [0.15, 0.2) is 5.78 Å². The van der Waals surface area contributed by atoms with Crippen LogP contribution in [0.5, 0.6) is 5.75 Å². The molecule has 0 unspecified atom stereocenters. The molecule has 0 spiro atoms. The lowest BCUT2D eigenvalue weighted by molar-refractivity contribution is 0.0933. The number of ether oxygens (including phenoxy) is 1. The minimum atomic E-state index is 0.0237. The van der Waals surface area contributed by atoms with Crippen molar-refractivity contribution in [3.05, 3.63) is 28.3 Å². The quantitative estimate of drug-likeness (QED) is 0.894. The van der Waals surface area contributed by atoms with Crippen molar-refractivity contribution in [2.45, 2.75) is 39.3 Å². The molecule has 0 bridgehead atoms. The van der Waals surface area contributed by atoms with Gasteiger partial charge in [-0.2, -0.15) is 0 Å². The molecular weight excluding hydrogens is 250 g/mol. The monoisotopic (exact) mass is 267 g/mol. The van der Waals surface area contributed by atoms with E-state index in [2.05, 4.69) is 26.1 Å². The number of halogens is 1. The van der Waals surface area contributed by atoms with Gasteiger partial charge in [0.1, 0.15) is 5.75 Å². The van der Waals surface area contributed by atoms with Gasteiger partial charge in [0.25, 0.3) is 0 Å². The van der Waals surface area contributed by atoms with Crippen LogP contribution in [-0.2, 0) is 6.54 Å². The second-order valence-corrected chi connectivity index (χ2v) is 5.97. The van der Waals surface area contributed by atoms with Crippen LogP contribution in [0.2, 0.25) is 5.02 Å². The molecule has 1 N–H and O–H groups in total. The second-order valence-electron chi connectivity index (χ2n) is 5.56. The summed E-state index contributed by atoms with van der Waals surface area (Å²) in [5.74, 6) is 0.759. The molecule has 0 aromatic heterocycles. The van der Waals surface area contributed by atoms with Crippen LogP contribution >= 0.6 is 11.6 Å². The number of carbonyl (C=O) groups is 1. The zero-order valence-electron chi connectivity index (χ0n) is 11.0. The van der Waals surface area contributed by atoms with Crippen molar-refractivity contribution in [3.8, 4) is 5.75 Å². The van der Waals surface area contributed by atoms with E-state index < -0.39 is 0 Å². The Morgan fingerprint density at radius 2 is 2.11 bits per heavy atom. The van der Waals surface area contributed by atoms with Crippen LogP contribution in [0, 0.1) is 0 Å². The molecule has 0 aliphatic carbocycles. The van der Waals surface area contributed by atoms with Crippen molar-refractivity contribution < 1.29 is 9.53 Å². The maximum atomic E-state index is 11.7. The van der Waals surface area contributed by atoms with Gasteiger partial charge in [0, 0.05) is 23.5 Å². The molecule has 4 heteroatoms. The van der Waals surface area contributed by atoms with Gasteiger partial charge >= 0.3 is 0 Å². The molecule has 1 aliphatic heterocycles. The molecule has 3 nitrogen and oxygen atoms in total. The Balaban J connectivity index is 2.25. The predicted molar refractivity (Wildman–Crippen MR) is 72.5 cm³/mol. The third-order valence-corrected chi connectivity index (χ3v) is 3.20. The van der Waals surface area contributed by atoms with Gasteiger partial charge in [-0.3, -0.25) is 4.79 Å². The number of carbonyl (C=O) groups excluding carboxylic acids is 1. The smallest absolute Gasteiger partial charge is 0.170 e. The van der Waals surface area contributed by atoms with Crippen molar-refractivity contribution in [2.24, 2.45) is 0 Å². The summed E-state index contributed by atoms with van der Waals surface area (Å²) in [5.41, 5.74) is 1.58. The molecule has 1 aromatic carbocycles. The number of benzene rings is 1. The molecule has 0 radical (unpaired) electrons. The van der Waals surface area contributed by atoms with Crippen LogP contribution in [0.1, 0.15) is 43.1 Å². The first-order valence-electron chi connectivity index (χ1n) is 6.10. The van der Waals surface area contributed by atoms with Crippen molar-refractivity contribution in [1.29, 1.82) is 0 Å². The first-order chi connectivity index (χ1) is 8.37. The Labute approximate surface area is 112 Å². The van der Waals surface area contributed by atoms with Gasteiger partial charge in [-0.15, -0.1) is 0 Å². The zero-order chi connectivity index (χ0) is 13.3. The van der Waals surface area contributed by atoms with E-state index >= 15 is 0 Å². The van der Waals surface area contributed by atoms with Crippen LogP contribution in [-0.4, -0.2) is 17.9 Å². The molecule has 0 fully saturated rings. The van der Waals surface area contributed by atoms with Crippen molar-refractivity contribution in [1.82, 2.24) is 5.32 Å². The Morgan fingerprint density at radius 3 is 2.78 bits per heavy atom. The molecule has 0 amide bonds. The van der Waals surface area contributed by atoms with Crippen LogP contribution < -0.4 is 10.1 Å². The maximum absolute atomic E-state index is 11.7. The SMILES string of the molecule is CC(C)(C)NCc1cc2c(cc1Cl)C(=O)CCO2. The summed E-state index contributed by atoms with van der Waals surface area (Å²) in [6.45, 7) is 7.41. The van der Waals surface area contributed by atoms with E-state index in [0.717, 1.165) is 5.56 Å². The van der Waals surface area contributed by atoms with E-state index in [0.29, 0.717) is 35.9 Å². The highest BCUT2D eigenvalue weighted by molar-refractivity contribution is 6.32. The molecule has 18 heavy (non-hydrogen) atoms. The lowest BCUT2D eigenvalue weighted by Crippen LogP contribution is -2.35. The highest BCUT2D eigenvalue weighted by atomic mass is 35.5. The summed E-state index contributed by atoms with van der Waals surface area (Å²) < 4.78 is 5.51. The van der Waals surface area contributed by atoms with Gasteiger partial charge < -0.3 is 10.1 Å². The van der Waals surface area contributed by atoms with E-state index in [1.54, 1.807) is 6.07 Å². The predicted octanol–water partition coefficient (Wildman–Crippen LogP) is 3.19. The van der Waals surface area contributed by atoms with Crippen molar-refractivity contribution in [2.75, 3.05) is 6.61 Å². The van der Waals surface area contributed by atoms with Crippen molar-refractivity contribution in [3.63, 3.8) is 0 Å². The van der Waals surface area contributed by atoms with Crippen LogP contribution in [0.4, 0.5) is 0 Å². The summed E-state index contributed by atoms with van der Waals surface area (Å²) in [5, 5.41) is 3.99. The Hall–Kier alpha value is -1.06. The Kier molecular flexibility index (Phi) is 3.64. The number of hydrogen-bond donors (Lipinski definition) is 1. The van der Waals surface area contributed by atoms with Crippen LogP contribution in [0.15, 0.2) is 12.1 Å². The summed E-state index contributed by atoms with van der Waals surface area (Å²) in [6, 6.07) is 3.59. The third-order valence-electron chi connectivity index (χ3n) is 2.84. The third kappa shape index (κ3) is 3.03. The standard InChI is InChI=1S/C14H18ClNO2/c1-14(2,3)16-8-9-6-13-10(7-11(9)15)12(17)4-5-18-13/h6-7,16H,4-5,8H2,1-3H3. The second kappa shape index (κ2) is 4.90. The molecule has 1 aliphatic rings. The number of rotatable bonds is 2.